The molecule has 2 aromatic carbocycles. The van der Waals surface area contributed by atoms with Crippen molar-refractivity contribution in [3.05, 3.63) is 59.2 Å². The number of aliphatic hydroxyl groups is 1. The van der Waals surface area contributed by atoms with Crippen LogP contribution in [0.4, 0.5) is 0 Å². The zero-order valence-electron chi connectivity index (χ0n) is 15.1. The lowest BCUT2D eigenvalue weighted by molar-refractivity contribution is 0.282. The van der Waals surface area contributed by atoms with Crippen molar-refractivity contribution in [1.82, 2.24) is 4.90 Å². The zero-order chi connectivity index (χ0) is 17.6. The van der Waals surface area contributed by atoms with Crippen LogP contribution >= 0.6 is 0 Å². The van der Waals surface area contributed by atoms with E-state index in [-0.39, 0.29) is 6.61 Å². The van der Waals surface area contributed by atoms with Gasteiger partial charge in [0.2, 0.25) is 0 Å². The van der Waals surface area contributed by atoms with E-state index in [0.29, 0.717) is 5.92 Å². The molecule has 0 radical (unpaired) electrons. The molecule has 1 heterocycles. The van der Waals surface area contributed by atoms with Crippen molar-refractivity contribution in [3.8, 4) is 11.5 Å². The van der Waals surface area contributed by atoms with Gasteiger partial charge in [0.15, 0.2) is 0 Å². The molecule has 0 saturated carbocycles. The van der Waals surface area contributed by atoms with E-state index in [1.165, 1.54) is 12.0 Å². The van der Waals surface area contributed by atoms with Crippen molar-refractivity contribution in [3.63, 3.8) is 0 Å². The van der Waals surface area contributed by atoms with Crippen LogP contribution in [0.25, 0.3) is 0 Å². The first-order valence-electron chi connectivity index (χ1n) is 8.84. The molecule has 3 rings (SSSR count). The molecular weight excluding hydrogens is 314 g/mol. The van der Waals surface area contributed by atoms with Gasteiger partial charge in [0.05, 0.1) is 26.4 Å². The Kier molecular flexibility index (Phi) is 5.95. The number of ether oxygens (including phenoxy) is 2. The molecule has 0 aliphatic carbocycles. The molecule has 0 spiro atoms. The van der Waals surface area contributed by atoms with Crippen LogP contribution < -0.4 is 9.47 Å². The fraction of sp³-hybridized carbons (Fsp3) is 0.429. The highest BCUT2D eigenvalue weighted by atomic mass is 16.5. The summed E-state index contributed by atoms with van der Waals surface area (Å²) < 4.78 is 11.0. The number of benzene rings is 2. The van der Waals surface area contributed by atoms with Crippen LogP contribution in [0.3, 0.4) is 0 Å². The topological polar surface area (TPSA) is 41.9 Å². The minimum Gasteiger partial charge on any atom is -0.496 e. The maximum absolute atomic E-state index is 9.15. The Labute approximate surface area is 150 Å². The largest absolute Gasteiger partial charge is 0.496 e. The van der Waals surface area contributed by atoms with Gasteiger partial charge in [-0.05, 0) is 48.6 Å². The Balaban J connectivity index is 1.61. The van der Waals surface area contributed by atoms with Crippen LogP contribution in [0.2, 0.25) is 0 Å². The van der Waals surface area contributed by atoms with Crippen LogP contribution in [0.1, 0.15) is 23.1 Å². The first-order chi connectivity index (χ1) is 12.2. The van der Waals surface area contributed by atoms with Gasteiger partial charge in [-0.25, -0.2) is 0 Å². The summed E-state index contributed by atoms with van der Waals surface area (Å²) in [4.78, 5) is 2.48. The summed E-state index contributed by atoms with van der Waals surface area (Å²) in [6, 6.07) is 14.3. The van der Waals surface area contributed by atoms with E-state index in [2.05, 4.69) is 17.0 Å². The second-order valence-corrected chi connectivity index (χ2v) is 6.71. The van der Waals surface area contributed by atoms with Gasteiger partial charge in [-0.3, -0.25) is 4.90 Å². The quantitative estimate of drug-likeness (QED) is 0.839. The third kappa shape index (κ3) is 4.33. The van der Waals surface area contributed by atoms with Gasteiger partial charge < -0.3 is 14.6 Å². The molecule has 0 bridgehead atoms. The smallest absolute Gasteiger partial charge is 0.127 e. The second-order valence-electron chi connectivity index (χ2n) is 6.71. The first-order valence-corrected chi connectivity index (χ1v) is 8.84. The Bertz CT molecular complexity index is 662. The molecule has 1 fully saturated rings. The predicted octanol–water partition coefficient (Wildman–Crippen LogP) is 3.26. The van der Waals surface area contributed by atoms with Crippen molar-refractivity contribution in [2.24, 2.45) is 5.92 Å². The van der Waals surface area contributed by atoms with E-state index < -0.39 is 0 Å². The fourth-order valence-electron chi connectivity index (χ4n) is 3.64. The third-order valence-electron chi connectivity index (χ3n) is 5.01. The number of hydrogen-bond donors (Lipinski definition) is 1. The van der Waals surface area contributed by atoms with E-state index in [0.717, 1.165) is 48.7 Å². The highest BCUT2D eigenvalue weighted by molar-refractivity contribution is 5.44. The predicted molar refractivity (Wildman–Crippen MR) is 99.0 cm³/mol. The van der Waals surface area contributed by atoms with Crippen LogP contribution in [-0.4, -0.2) is 37.3 Å². The Hall–Kier alpha value is -2.04. The molecule has 1 aliphatic rings. The van der Waals surface area contributed by atoms with E-state index in [4.69, 9.17) is 14.6 Å². The first kappa shape index (κ1) is 17.8. The molecule has 1 aliphatic heterocycles. The fourth-order valence-corrected chi connectivity index (χ4v) is 3.64. The third-order valence-corrected chi connectivity index (χ3v) is 5.01. The molecule has 4 heteroatoms. The summed E-state index contributed by atoms with van der Waals surface area (Å²) in [5.41, 5.74) is 3.44. The monoisotopic (exact) mass is 341 g/mol. The summed E-state index contributed by atoms with van der Waals surface area (Å²) in [5, 5.41) is 9.15. The standard InChI is InChI=1S/C21H27NO3/c1-24-20-4-3-5-21(25-2)19(20)14-22-11-10-18(13-22)12-16-6-8-17(15-23)9-7-16/h3-9,18,23H,10-15H2,1-2H3/t18-/m1/s1. The number of likely N-dealkylation sites (tertiary alicyclic amines) is 1. The van der Waals surface area contributed by atoms with Crippen molar-refractivity contribution < 1.29 is 14.6 Å². The molecule has 0 aromatic heterocycles. The van der Waals surface area contributed by atoms with Gasteiger partial charge in [0.1, 0.15) is 11.5 Å². The zero-order valence-corrected chi connectivity index (χ0v) is 15.1. The molecule has 1 saturated heterocycles. The normalized spacial score (nSPS) is 17.6. The molecule has 25 heavy (non-hydrogen) atoms. The van der Waals surface area contributed by atoms with Crippen LogP contribution in [-0.2, 0) is 19.6 Å². The highest BCUT2D eigenvalue weighted by Gasteiger charge is 2.24. The Morgan fingerprint density at radius 3 is 2.24 bits per heavy atom. The molecule has 134 valence electrons. The molecule has 2 aromatic rings. The summed E-state index contributed by atoms with van der Waals surface area (Å²) >= 11 is 0. The van der Waals surface area contributed by atoms with Crippen molar-refractivity contribution in [1.29, 1.82) is 0 Å². The Morgan fingerprint density at radius 1 is 1.00 bits per heavy atom. The SMILES string of the molecule is COc1cccc(OC)c1CN1CC[C@H](Cc2ccc(CO)cc2)C1. The van der Waals surface area contributed by atoms with Crippen molar-refractivity contribution >= 4 is 0 Å². The second kappa shape index (κ2) is 8.37. The van der Waals surface area contributed by atoms with Gasteiger partial charge in [-0.2, -0.15) is 0 Å². The lowest BCUT2D eigenvalue weighted by atomic mass is 9.98. The van der Waals surface area contributed by atoms with Crippen LogP contribution in [0.5, 0.6) is 11.5 Å². The van der Waals surface area contributed by atoms with Gasteiger partial charge in [0, 0.05) is 13.1 Å². The molecule has 0 unspecified atom stereocenters. The number of rotatable bonds is 7. The number of aliphatic hydroxyl groups excluding tert-OH is 1. The summed E-state index contributed by atoms with van der Waals surface area (Å²) in [5.74, 6) is 2.45. The maximum atomic E-state index is 9.15. The van der Waals surface area contributed by atoms with E-state index in [1.54, 1.807) is 14.2 Å². The number of methoxy groups -OCH3 is 2. The molecule has 0 amide bonds. The van der Waals surface area contributed by atoms with Gasteiger partial charge in [0.25, 0.3) is 0 Å². The van der Waals surface area contributed by atoms with Gasteiger partial charge in [-0.1, -0.05) is 30.3 Å². The summed E-state index contributed by atoms with van der Waals surface area (Å²) in [7, 11) is 3.42. The average molecular weight is 341 g/mol. The highest BCUT2D eigenvalue weighted by Crippen LogP contribution is 2.31. The molecule has 1 N–H and O–H groups in total. The van der Waals surface area contributed by atoms with Crippen LogP contribution in [0, 0.1) is 5.92 Å². The Morgan fingerprint density at radius 2 is 1.64 bits per heavy atom. The van der Waals surface area contributed by atoms with E-state index >= 15 is 0 Å². The number of hydrogen-bond acceptors (Lipinski definition) is 4. The summed E-state index contributed by atoms with van der Waals surface area (Å²) in [6.45, 7) is 3.15. The van der Waals surface area contributed by atoms with E-state index in [1.807, 2.05) is 30.3 Å². The van der Waals surface area contributed by atoms with Gasteiger partial charge >= 0.3 is 0 Å². The molecular formula is C21H27NO3. The molecule has 4 nitrogen and oxygen atoms in total. The van der Waals surface area contributed by atoms with Crippen molar-refractivity contribution in [2.45, 2.75) is 26.0 Å². The van der Waals surface area contributed by atoms with Gasteiger partial charge in [-0.15, -0.1) is 0 Å². The maximum Gasteiger partial charge on any atom is 0.127 e. The van der Waals surface area contributed by atoms with E-state index in [9.17, 15) is 0 Å². The van der Waals surface area contributed by atoms with Crippen molar-refractivity contribution in [2.75, 3.05) is 27.3 Å². The minimum absolute atomic E-state index is 0.109. The minimum atomic E-state index is 0.109. The lowest BCUT2D eigenvalue weighted by Gasteiger charge is -2.20. The van der Waals surface area contributed by atoms with Crippen LogP contribution in [0.15, 0.2) is 42.5 Å². The number of nitrogens with zero attached hydrogens (tertiary/aromatic N) is 1. The molecule has 1 atom stereocenters. The lowest BCUT2D eigenvalue weighted by Crippen LogP contribution is -2.21. The summed E-state index contributed by atoms with van der Waals surface area (Å²) in [6.07, 6.45) is 2.30. The average Bonchev–Trinajstić information content (AvgIpc) is 3.09.